The monoisotopic (exact) mass is 379 g/mol. The highest BCUT2D eigenvalue weighted by molar-refractivity contribution is 6.32. The molecule has 2 aliphatic heterocycles. The summed E-state index contributed by atoms with van der Waals surface area (Å²) < 4.78 is 5.40. The van der Waals surface area contributed by atoms with E-state index in [1.165, 1.54) is 29.3 Å². The minimum atomic E-state index is -0.480. The lowest BCUT2D eigenvalue weighted by atomic mass is 10.1. The Morgan fingerprint density at radius 1 is 1.14 bits per heavy atom. The van der Waals surface area contributed by atoms with E-state index in [4.69, 9.17) is 4.74 Å². The molecule has 142 valence electrons. The Morgan fingerprint density at radius 2 is 1.89 bits per heavy atom. The van der Waals surface area contributed by atoms with Crippen LogP contribution >= 0.6 is 0 Å². The fraction of sp³-hybridized carbons (Fsp3) is 0.211. The number of nitro groups is 1. The maximum absolute atomic E-state index is 13.1. The number of ether oxygens (including phenoxy) is 1. The second-order valence-electron chi connectivity index (χ2n) is 6.26. The third-order valence-corrected chi connectivity index (χ3v) is 4.47. The van der Waals surface area contributed by atoms with Crippen LogP contribution in [0.3, 0.4) is 0 Å². The van der Waals surface area contributed by atoms with Crippen LogP contribution in [0.5, 0.6) is 0 Å². The van der Waals surface area contributed by atoms with Crippen molar-refractivity contribution in [1.29, 1.82) is 0 Å². The van der Waals surface area contributed by atoms with E-state index < -0.39 is 4.92 Å². The molecule has 28 heavy (non-hydrogen) atoms. The van der Waals surface area contributed by atoms with Gasteiger partial charge in [-0.1, -0.05) is 6.07 Å². The average molecular weight is 379 g/mol. The molecule has 0 N–H and O–H groups in total. The highest BCUT2D eigenvalue weighted by Crippen LogP contribution is 2.28. The number of hydrazone groups is 1. The smallest absolute Gasteiger partial charge is 0.282 e. The number of anilines is 1. The third kappa shape index (κ3) is 3.47. The van der Waals surface area contributed by atoms with Gasteiger partial charge in [0, 0.05) is 37.6 Å². The Morgan fingerprint density at radius 3 is 2.54 bits per heavy atom. The maximum atomic E-state index is 13.1. The van der Waals surface area contributed by atoms with Crippen LogP contribution in [0.25, 0.3) is 6.08 Å². The van der Waals surface area contributed by atoms with Crippen molar-refractivity contribution in [3.05, 3.63) is 70.0 Å². The maximum Gasteiger partial charge on any atom is 0.282 e. The van der Waals surface area contributed by atoms with Gasteiger partial charge in [0.2, 0.25) is 0 Å². The SMILES string of the molecule is O=C1/C(=C\c2cccnc2)C(N2CCOCC2)=NN1c1ccc([N+](=O)[O-])cc1. The van der Waals surface area contributed by atoms with Crippen LogP contribution in [-0.2, 0) is 9.53 Å². The van der Waals surface area contributed by atoms with Crippen LogP contribution < -0.4 is 5.01 Å². The molecule has 0 atom stereocenters. The van der Waals surface area contributed by atoms with Crippen molar-refractivity contribution in [2.24, 2.45) is 5.10 Å². The number of hydrogen-bond acceptors (Lipinski definition) is 7. The fourth-order valence-corrected chi connectivity index (χ4v) is 3.06. The molecule has 0 bridgehead atoms. The molecule has 2 aromatic rings. The van der Waals surface area contributed by atoms with Crippen molar-refractivity contribution in [3.8, 4) is 0 Å². The summed E-state index contributed by atoms with van der Waals surface area (Å²) in [5.41, 5.74) is 1.67. The van der Waals surface area contributed by atoms with Crippen molar-refractivity contribution in [2.45, 2.75) is 0 Å². The first-order chi connectivity index (χ1) is 13.6. The van der Waals surface area contributed by atoms with Gasteiger partial charge in [-0.15, -0.1) is 5.10 Å². The molecule has 1 aromatic carbocycles. The Kier molecular flexibility index (Phi) is 4.81. The van der Waals surface area contributed by atoms with Gasteiger partial charge in [-0.2, -0.15) is 5.01 Å². The summed E-state index contributed by atoms with van der Waals surface area (Å²) in [6, 6.07) is 9.40. The lowest BCUT2D eigenvalue weighted by Crippen LogP contribution is -2.41. The van der Waals surface area contributed by atoms with Gasteiger partial charge in [0.15, 0.2) is 5.84 Å². The number of nitro benzene ring substituents is 1. The first-order valence-electron chi connectivity index (χ1n) is 8.76. The molecule has 3 heterocycles. The molecule has 1 fully saturated rings. The lowest BCUT2D eigenvalue weighted by molar-refractivity contribution is -0.384. The van der Waals surface area contributed by atoms with Gasteiger partial charge in [-0.25, -0.2) is 0 Å². The summed E-state index contributed by atoms with van der Waals surface area (Å²) >= 11 is 0. The van der Waals surface area contributed by atoms with Crippen molar-refractivity contribution in [1.82, 2.24) is 9.88 Å². The molecular weight excluding hydrogens is 362 g/mol. The van der Waals surface area contributed by atoms with Crippen molar-refractivity contribution >= 4 is 29.2 Å². The zero-order valence-corrected chi connectivity index (χ0v) is 14.9. The highest BCUT2D eigenvalue weighted by Gasteiger charge is 2.35. The van der Waals surface area contributed by atoms with Gasteiger partial charge in [0.1, 0.15) is 0 Å². The highest BCUT2D eigenvalue weighted by atomic mass is 16.6. The lowest BCUT2D eigenvalue weighted by Gasteiger charge is -2.28. The van der Waals surface area contributed by atoms with Crippen LogP contribution in [0, 0.1) is 10.1 Å². The number of carbonyl (C=O) groups excluding carboxylic acids is 1. The first kappa shape index (κ1) is 17.8. The number of carbonyl (C=O) groups is 1. The molecule has 4 rings (SSSR count). The molecule has 1 saturated heterocycles. The van der Waals surface area contributed by atoms with Gasteiger partial charge in [0.25, 0.3) is 11.6 Å². The van der Waals surface area contributed by atoms with Crippen LogP contribution in [-0.4, -0.2) is 52.9 Å². The molecule has 0 aliphatic carbocycles. The Balaban J connectivity index is 1.71. The summed E-state index contributed by atoms with van der Waals surface area (Å²) in [5.74, 6) is 0.273. The van der Waals surface area contributed by atoms with E-state index in [0.717, 1.165) is 5.56 Å². The topological polar surface area (TPSA) is 101 Å². The molecule has 9 nitrogen and oxygen atoms in total. The van der Waals surface area contributed by atoms with Crippen molar-refractivity contribution < 1.29 is 14.5 Å². The minimum Gasteiger partial charge on any atom is -0.378 e. The van der Waals surface area contributed by atoms with E-state index in [2.05, 4.69) is 10.1 Å². The number of benzene rings is 1. The van der Waals surface area contributed by atoms with Gasteiger partial charge in [0.05, 0.1) is 29.4 Å². The molecule has 0 saturated carbocycles. The molecule has 2 aliphatic rings. The largest absolute Gasteiger partial charge is 0.378 e. The standard InChI is InChI=1S/C19H17N5O4/c25-19-17(12-14-2-1-7-20-13-14)18(22-8-10-28-11-9-22)21-23(19)15-3-5-16(6-4-15)24(26)27/h1-7,12-13H,8-11H2/b17-12-. The first-order valence-corrected chi connectivity index (χ1v) is 8.76. The number of aromatic nitrogens is 1. The van der Waals surface area contributed by atoms with E-state index in [1.807, 2.05) is 11.0 Å². The van der Waals surface area contributed by atoms with Crippen LogP contribution in [0.4, 0.5) is 11.4 Å². The van der Waals surface area contributed by atoms with E-state index in [1.54, 1.807) is 24.5 Å². The molecule has 0 unspecified atom stereocenters. The number of amides is 1. The number of morpholine rings is 1. The number of nitrogens with zero attached hydrogens (tertiary/aromatic N) is 5. The number of hydrogen-bond donors (Lipinski definition) is 0. The average Bonchev–Trinajstić information content (AvgIpc) is 3.06. The zero-order valence-electron chi connectivity index (χ0n) is 14.9. The molecule has 9 heteroatoms. The molecule has 0 spiro atoms. The van der Waals surface area contributed by atoms with Gasteiger partial charge in [-0.3, -0.25) is 19.9 Å². The molecule has 0 radical (unpaired) electrons. The Labute approximate surface area is 160 Å². The number of non-ortho nitro benzene ring substituents is 1. The minimum absolute atomic E-state index is 0.0427. The number of rotatable bonds is 3. The third-order valence-electron chi connectivity index (χ3n) is 4.47. The van der Waals surface area contributed by atoms with E-state index >= 15 is 0 Å². The molecular formula is C19H17N5O4. The Bertz CT molecular complexity index is 950. The summed E-state index contributed by atoms with van der Waals surface area (Å²) in [7, 11) is 0. The van der Waals surface area contributed by atoms with Crippen LogP contribution in [0.15, 0.2) is 59.5 Å². The van der Waals surface area contributed by atoms with Crippen LogP contribution in [0.2, 0.25) is 0 Å². The van der Waals surface area contributed by atoms with E-state index in [-0.39, 0.29) is 11.6 Å². The van der Waals surface area contributed by atoms with Crippen LogP contribution in [0.1, 0.15) is 5.56 Å². The summed E-state index contributed by atoms with van der Waals surface area (Å²) in [6.07, 6.45) is 5.10. The second-order valence-corrected chi connectivity index (χ2v) is 6.26. The fourth-order valence-electron chi connectivity index (χ4n) is 3.06. The Hall–Kier alpha value is -3.59. The quantitative estimate of drug-likeness (QED) is 0.460. The van der Waals surface area contributed by atoms with Gasteiger partial charge >= 0.3 is 0 Å². The summed E-state index contributed by atoms with van der Waals surface area (Å²) in [6.45, 7) is 2.38. The van der Waals surface area contributed by atoms with Gasteiger partial charge in [-0.05, 0) is 29.8 Å². The van der Waals surface area contributed by atoms with E-state index in [9.17, 15) is 14.9 Å². The van der Waals surface area contributed by atoms with Crippen molar-refractivity contribution in [2.75, 3.05) is 31.3 Å². The predicted molar refractivity (Wildman–Crippen MR) is 103 cm³/mol. The predicted octanol–water partition coefficient (Wildman–Crippen LogP) is 2.07. The number of amidine groups is 1. The van der Waals surface area contributed by atoms with Gasteiger partial charge < -0.3 is 9.64 Å². The normalized spacial score (nSPS) is 18.5. The second kappa shape index (κ2) is 7.57. The summed E-state index contributed by atoms with van der Waals surface area (Å²) in [5, 5.41) is 16.7. The van der Waals surface area contributed by atoms with E-state index in [0.29, 0.717) is 43.4 Å². The molecule has 1 amide bonds. The van der Waals surface area contributed by atoms with Crippen molar-refractivity contribution in [3.63, 3.8) is 0 Å². The number of pyridine rings is 1. The molecule has 1 aromatic heterocycles. The summed E-state index contributed by atoms with van der Waals surface area (Å²) in [4.78, 5) is 29.6. The zero-order chi connectivity index (χ0) is 19.5.